The summed E-state index contributed by atoms with van der Waals surface area (Å²) in [7, 11) is 1.48. The van der Waals surface area contributed by atoms with Gasteiger partial charge in [-0.15, -0.1) is 5.10 Å². The van der Waals surface area contributed by atoms with E-state index in [4.69, 9.17) is 9.84 Å². The highest BCUT2D eigenvalue weighted by atomic mass is 16.5. The molecule has 0 bridgehead atoms. The molecule has 2 N–H and O–H groups in total. The van der Waals surface area contributed by atoms with Crippen molar-refractivity contribution in [2.24, 2.45) is 0 Å². The van der Waals surface area contributed by atoms with E-state index in [-0.39, 0.29) is 30.4 Å². The van der Waals surface area contributed by atoms with Crippen LogP contribution in [0.1, 0.15) is 16.2 Å². The number of nitrogens with zero attached hydrogens (tertiary/aromatic N) is 3. The fourth-order valence-electron chi connectivity index (χ4n) is 1.65. The quantitative estimate of drug-likeness (QED) is 0.792. The fourth-order valence-corrected chi connectivity index (χ4v) is 1.65. The third-order valence-corrected chi connectivity index (χ3v) is 2.73. The predicted octanol–water partition coefficient (Wildman–Crippen LogP) is 0.301. The summed E-state index contributed by atoms with van der Waals surface area (Å²) < 4.78 is 6.71. The maximum absolute atomic E-state index is 11.4. The summed E-state index contributed by atoms with van der Waals surface area (Å²) in [6.45, 7) is -0.167. The zero-order valence-corrected chi connectivity index (χ0v) is 11.3. The SMILES string of the molecule is CNC(=O)Cn1nnc(C(=O)O)c1COc1ccccc1. The lowest BCUT2D eigenvalue weighted by molar-refractivity contribution is -0.121. The number of nitrogens with one attached hydrogen (secondary N) is 1. The van der Waals surface area contributed by atoms with E-state index < -0.39 is 5.97 Å². The molecule has 1 aromatic carbocycles. The molecular formula is C13H14N4O4. The van der Waals surface area contributed by atoms with Gasteiger partial charge in [-0.05, 0) is 12.1 Å². The predicted molar refractivity (Wildman–Crippen MR) is 71.8 cm³/mol. The van der Waals surface area contributed by atoms with Gasteiger partial charge in [-0.25, -0.2) is 9.48 Å². The molecule has 21 heavy (non-hydrogen) atoms. The van der Waals surface area contributed by atoms with E-state index in [0.717, 1.165) is 0 Å². The molecule has 2 rings (SSSR count). The van der Waals surface area contributed by atoms with Crippen LogP contribution >= 0.6 is 0 Å². The third kappa shape index (κ3) is 3.56. The molecule has 8 heteroatoms. The first-order valence-corrected chi connectivity index (χ1v) is 6.16. The Balaban J connectivity index is 2.20. The summed E-state index contributed by atoms with van der Waals surface area (Å²) >= 11 is 0. The summed E-state index contributed by atoms with van der Waals surface area (Å²) in [6.07, 6.45) is 0. The maximum atomic E-state index is 11.4. The number of amides is 1. The number of aromatic nitrogens is 3. The highest BCUT2D eigenvalue weighted by Crippen LogP contribution is 2.13. The van der Waals surface area contributed by atoms with Gasteiger partial charge in [0.15, 0.2) is 5.69 Å². The van der Waals surface area contributed by atoms with Crippen molar-refractivity contribution in [2.75, 3.05) is 7.05 Å². The Hall–Kier alpha value is -2.90. The Bertz CT molecular complexity index is 639. The number of hydrogen-bond donors (Lipinski definition) is 2. The number of benzene rings is 1. The summed E-state index contributed by atoms with van der Waals surface area (Å²) in [5.74, 6) is -0.941. The molecule has 110 valence electrons. The average Bonchev–Trinajstić information content (AvgIpc) is 2.89. The van der Waals surface area contributed by atoms with E-state index in [1.54, 1.807) is 24.3 Å². The Morgan fingerprint density at radius 2 is 2.05 bits per heavy atom. The maximum Gasteiger partial charge on any atom is 0.358 e. The molecule has 0 saturated carbocycles. The average molecular weight is 290 g/mol. The highest BCUT2D eigenvalue weighted by molar-refractivity contribution is 5.86. The Morgan fingerprint density at radius 3 is 2.67 bits per heavy atom. The van der Waals surface area contributed by atoms with Crippen molar-refractivity contribution in [3.63, 3.8) is 0 Å². The van der Waals surface area contributed by atoms with Gasteiger partial charge < -0.3 is 15.2 Å². The smallest absolute Gasteiger partial charge is 0.358 e. The van der Waals surface area contributed by atoms with Crippen molar-refractivity contribution in [3.8, 4) is 5.75 Å². The van der Waals surface area contributed by atoms with Gasteiger partial charge in [0.25, 0.3) is 0 Å². The second-order valence-electron chi connectivity index (χ2n) is 4.12. The monoisotopic (exact) mass is 290 g/mol. The number of carbonyl (C=O) groups is 2. The van der Waals surface area contributed by atoms with E-state index in [2.05, 4.69) is 15.6 Å². The van der Waals surface area contributed by atoms with Crippen LogP contribution in [-0.2, 0) is 17.9 Å². The molecule has 1 heterocycles. The van der Waals surface area contributed by atoms with Gasteiger partial charge in [0.1, 0.15) is 24.6 Å². The van der Waals surface area contributed by atoms with Gasteiger partial charge in [-0.2, -0.15) is 0 Å². The Kier molecular flexibility index (Phi) is 4.50. The normalized spacial score (nSPS) is 10.1. The van der Waals surface area contributed by atoms with Crippen LogP contribution in [-0.4, -0.2) is 39.0 Å². The van der Waals surface area contributed by atoms with Crippen molar-refractivity contribution in [2.45, 2.75) is 13.2 Å². The summed E-state index contributed by atoms with van der Waals surface area (Å²) in [6, 6.07) is 8.93. The number of likely N-dealkylation sites (N-methyl/N-ethyl adjacent to an activating group) is 1. The molecule has 0 aliphatic rings. The van der Waals surface area contributed by atoms with E-state index in [1.165, 1.54) is 11.7 Å². The molecule has 0 radical (unpaired) electrons. The minimum Gasteiger partial charge on any atom is -0.487 e. The van der Waals surface area contributed by atoms with Gasteiger partial charge in [0, 0.05) is 7.05 Å². The van der Waals surface area contributed by atoms with Gasteiger partial charge in [0.05, 0.1) is 0 Å². The number of ether oxygens (including phenoxy) is 1. The minimum absolute atomic E-state index is 0.0460. The minimum atomic E-state index is -1.22. The van der Waals surface area contributed by atoms with E-state index in [1.807, 2.05) is 6.07 Å². The number of rotatable bonds is 6. The third-order valence-electron chi connectivity index (χ3n) is 2.73. The van der Waals surface area contributed by atoms with Crippen LogP contribution < -0.4 is 10.1 Å². The fraction of sp³-hybridized carbons (Fsp3) is 0.231. The van der Waals surface area contributed by atoms with Crippen molar-refractivity contribution in [1.29, 1.82) is 0 Å². The lowest BCUT2D eigenvalue weighted by Crippen LogP contribution is -2.25. The standard InChI is InChI=1S/C13H14N4O4/c1-14-11(18)7-17-10(12(13(19)20)15-16-17)8-21-9-5-3-2-4-6-9/h2-6H,7-8H2,1H3,(H,14,18)(H,19,20). The van der Waals surface area contributed by atoms with E-state index >= 15 is 0 Å². The van der Waals surface area contributed by atoms with Gasteiger partial charge >= 0.3 is 5.97 Å². The molecule has 2 aromatic rings. The molecule has 0 fully saturated rings. The largest absolute Gasteiger partial charge is 0.487 e. The Morgan fingerprint density at radius 1 is 1.33 bits per heavy atom. The summed E-state index contributed by atoms with van der Waals surface area (Å²) in [5, 5.41) is 18.8. The van der Waals surface area contributed by atoms with Crippen molar-refractivity contribution < 1.29 is 19.4 Å². The lowest BCUT2D eigenvalue weighted by Gasteiger charge is -2.08. The molecule has 0 atom stereocenters. The number of carbonyl (C=O) groups excluding carboxylic acids is 1. The zero-order chi connectivity index (χ0) is 15.2. The van der Waals surface area contributed by atoms with Crippen LogP contribution in [0.25, 0.3) is 0 Å². The summed E-state index contributed by atoms with van der Waals surface area (Å²) in [4.78, 5) is 22.5. The van der Waals surface area contributed by atoms with Crippen LogP contribution in [0.3, 0.4) is 0 Å². The van der Waals surface area contributed by atoms with Gasteiger partial charge in [0.2, 0.25) is 5.91 Å². The molecule has 0 unspecified atom stereocenters. The molecule has 0 aliphatic heterocycles. The molecule has 8 nitrogen and oxygen atoms in total. The molecular weight excluding hydrogens is 276 g/mol. The number of carboxylic acid groups (broad SMARTS) is 1. The lowest BCUT2D eigenvalue weighted by atomic mass is 10.3. The molecule has 0 spiro atoms. The first-order chi connectivity index (χ1) is 10.1. The first-order valence-electron chi connectivity index (χ1n) is 6.16. The number of carboxylic acids is 1. The van der Waals surface area contributed by atoms with Gasteiger partial charge in [-0.3, -0.25) is 4.79 Å². The topological polar surface area (TPSA) is 106 Å². The number of hydrogen-bond acceptors (Lipinski definition) is 5. The van der Waals surface area contributed by atoms with Crippen molar-refractivity contribution >= 4 is 11.9 Å². The zero-order valence-electron chi connectivity index (χ0n) is 11.3. The van der Waals surface area contributed by atoms with Crippen molar-refractivity contribution in [1.82, 2.24) is 20.3 Å². The number of para-hydroxylation sites is 1. The van der Waals surface area contributed by atoms with Crippen LogP contribution in [0.2, 0.25) is 0 Å². The second-order valence-corrected chi connectivity index (χ2v) is 4.12. The molecule has 1 amide bonds. The van der Waals surface area contributed by atoms with E-state index in [0.29, 0.717) is 5.75 Å². The number of aromatic carboxylic acids is 1. The van der Waals surface area contributed by atoms with Crippen molar-refractivity contribution in [3.05, 3.63) is 41.7 Å². The molecule has 0 saturated heterocycles. The van der Waals surface area contributed by atoms with Crippen LogP contribution in [0.5, 0.6) is 5.75 Å². The van der Waals surface area contributed by atoms with Crippen LogP contribution in [0, 0.1) is 0 Å². The van der Waals surface area contributed by atoms with E-state index in [9.17, 15) is 9.59 Å². The molecule has 1 aromatic heterocycles. The first kappa shape index (κ1) is 14.5. The second kappa shape index (κ2) is 6.51. The highest BCUT2D eigenvalue weighted by Gasteiger charge is 2.20. The van der Waals surface area contributed by atoms with Gasteiger partial charge in [-0.1, -0.05) is 23.4 Å². The van der Waals surface area contributed by atoms with Crippen LogP contribution in [0.15, 0.2) is 30.3 Å². The summed E-state index contributed by atoms with van der Waals surface area (Å²) in [5.41, 5.74) is 0.00443. The Labute approximate surface area is 120 Å². The molecule has 0 aliphatic carbocycles. The van der Waals surface area contributed by atoms with Crippen LogP contribution in [0.4, 0.5) is 0 Å².